The van der Waals surface area contributed by atoms with Gasteiger partial charge in [-0.25, -0.2) is 24.4 Å². The summed E-state index contributed by atoms with van der Waals surface area (Å²) in [5, 5.41) is 5.33. The van der Waals surface area contributed by atoms with Gasteiger partial charge in [-0.1, -0.05) is 12.1 Å². The zero-order valence-electron chi connectivity index (χ0n) is 8.98. The zero-order chi connectivity index (χ0) is 12.7. The molecule has 2 aromatic heterocycles. The van der Waals surface area contributed by atoms with E-state index in [4.69, 9.17) is 0 Å². The molecule has 0 saturated heterocycles. The molecule has 0 saturated carbocycles. The standard InChI is InChI=1S/C11H7BrN4O2/c12-7-4-6-2-1-3-8(9(6)13-5-7)16-10(17)14-15-11(16)18/h1-5H,(H,14,17)(H,15,18). The minimum atomic E-state index is -0.516. The molecule has 90 valence electrons. The highest BCUT2D eigenvalue weighted by Gasteiger charge is 2.10. The Bertz CT molecular complexity index is 818. The van der Waals surface area contributed by atoms with Gasteiger partial charge >= 0.3 is 11.4 Å². The van der Waals surface area contributed by atoms with E-state index >= 15 is 0 Å². The topological polar surface area (TPSA) is 83.5 Å². The Morgan fingerprint density at radius 3 is 2.61 bits per heavy atom. The number of pyridine rings is 1. The van der Waals surface area contributed by atoms with Gasteiger partial charge in [0.2, 0.25) is 0 Å². The molecule has 0 amide bonds. The molecular weight excluding hydrogens is 300 g/mol. The molecule has 0 radical (unpaired) electrons. The van der Waals surface area contributed by atoms with Crippen LogP contribution in [0.15, 0.2) is 44.5 Å². The minimum absolute atomic E-state index is 0.451. The molecule has 0 spiro atoms. The average molecular weight is 307 g/mol. The van der Waals surface area contributed by atoms with Crippen molar-refractivity contribution in [1.29, 1.82) is 0 Å². The van der Waals surface area contributed by atoms with E-state index in [9.17, 15) is 9.59 Å². The molecule has 0 bridgehead atoms. The van der Waals surface area contributed by atoms with Gasteiger partial charge in [0.15, 0.2) is 0 Å². The number of hydrogen-bond acceptors (Lipinski definition) is 3. The van der Waals surface area contributed by atoms with Gasteiger partial charge in [-0.05, 0) is 28.1 Å². The monoisotopic (exact) mass is 306 g/mol. The van der Waals surface area contributed by atoms with Crippen molar-refractivity contribution in [3.8, 4) is 5.69 Å². The molecule has 18 heavy (non-hydrogen) atoms. The molecule has 1 aromatic carbocycles. The Morgan fingerprint density at radius 1 is 1.17 bits per heavy atom. The molecule has 0 atom stereocenters. The van der Waals surface area contributed by atoms with Crippen LogP contribution in [0.2, 0.25) is 0 Å². The number of aromatic amines is 2. The van der Waals surface area contributed by atoms with E-state index in [1.165, 1.54) is 0 Å². The summed E-state index contributed by atoms with van der Waals surface area (Å²) in [5.41, 5.74) is 0.00911. The van der Waals surface area contributed by atoms with Crippen LogP contribution in [0, 0.1) is 0 Å². The number of aromatic nitrogens is 4. The van der Waals surface area contributed by atoms with Crippen molar-refractivity contribution in [2.45, 2.75) is 0 Å². The molecule has 2 N–H and O–H groups in total. The maximum absolute atomic E-state index is 11.6. The quantitative estimate of drug-likeness (QED) is 0.708. The normalized spacial score (nSPS) is 10.9. The first-order valence-corrected chi connectivity index (χ1v) is 5.90. The lowest BCUT2D eigenvalue weighted by atomic mass is 10.2. The number of H-pyrrole nitrogens is 2. The molecule has 0 aliphatic carbocycles. The predicted molar refractivity (Wildman–Crippen MR) is 70.0 cm³/mol. The number of nitrogens with zero attached hydrogens (tertiary/aromatic N) is 2. The van der Waals surface area contributed by atoms with E-state index in [1.807, 2.05) is 12.1 Å². The van der Waals surface area contributed by atoms with Crippen LogP contribution in [0.4, 0.5) is 0 Å². The van der Waals surface area contributed by atoms with Gasteiger partial charge in [0, 0.05) is 16.1 Å². The van der Waals surface area contributed by atoms with Crippen LogP contribution >= 0.6 is 15.9 Å². The highest BCUT2D eigenvalue weighted by molar-refractivity contribution is 9.10. The van der Waals surface area contributed by atoms with Crippen molar-refractivity contribution in [3.05, 3.63) is 55.9 Å². The number of fused-ring (bicyclic) bond motifs is 1. The Labute approximate surface area is 108 Å². The third-order valence-corrected chi connectivity index (χ3v) is 3.01. The van der Waals surface area contributed by atoms with E-state index < -0.39 is 11.4 Å². The van der Waals surface area contributed by atoms with Crippen molar-refractivity contribution >= 4 is 26.8 Å². The smallest absolute Gasteiger partial charge is 0.253 e. The van der Waals surface area contributed by atoms with Crippen molar-refractivity contribution in [2.24, 2.45) is 0 Å². The van der Waals surface area contributed by atoms with E-state index in [0.29, 0.717) is 11.2 Å². The van der Waals surface area contributed by atoms with Crippen molar-refractivity contribution in [1.82, 2.24) is 19.7 Å². The Morgan fingerprint density at radius 2 is 1.89 bits per heavy atom. The second kappa shape index (κ2) is 3.95. The maximum atomic E-state index is 11.6. The van der Waals surface area contributed by atoms with Gasteiger partial charge in [-0.2, -0.15) is 0 Å². The van der Waals surface area contributed by atoms with Crippen LogP contribution in [0.5, 0.6) is 0 Å². The fraction of sp³-hybridized carbons (Fsp3) is 0. The third kappa shape index (κ3) is 1.60. The molecule has 0 aliphatic heterocycles. The number of nitrogens with one attached hydrogen (secondary N) is 2. The summed E-state index contributed by atoms with van der Waals surface area (Å²) in [6, 6.07) is 7.18. The van der Waals surface area contributed by atoms with E-state index in [1.54, 1.807) is 18.3 Å². The molecule has 2 heterocycles. The van der Waals surface area contributed by atoms with Gasteiger partial charge in [-0.15, -0.1) is 0 Å². The fourth-order valence-electron chi connectivity index (χ4n) is 1.83. The van der Waals surface area contributed by atoms with E-state index in [-0.39, 0.29) is 0 Å². The fourth-order valence-corrected chi connectivity index (χ4v) is 2.18. The third-order valence-electron chi connectivity index (χ3n) is 2.58. The first-order valence-electron chi connectivity index (χ1n) is 5.11. The lowest BCUT2D eigenvalue weighted by Crippen LogP contribution is -2.24. The van der Waals surface area contributed by atoms with E-state index in [0.717, 1.165) is 14.4 Å². The van der Waals surface area contributed by atoms with E-state index in [2.05, 4.69) is 31.1 Å². The second-order valence-electron chi connectivity index (χ2n) is 3.70. The lowest BCUT2D eigenvalue weighted by molar-refractivity contribution is 0.956. The maximum Gasteiger partial charge on any atom is 0.349 e. The minimum Gasteiger partial charge on any atom is -0.253 e. The largest absolute Gasteiger partial charge is 0.349 e. The Balaban J connectivity index is 2.44. The van der Waals surface area contributed by atoms with Crippen LogP contribution in [-0.2, 0) is 0 Å². The number of rotatable bonds is 1. The Kier molecular flexibility index (Phi) is 2.41. The predicted octanol–water partition coefficient (Wildman–Crippen LogP) is 1.16. The molecular formula is C11H7BrN4O2. The number of benzene rings is 1. The SMILES string of the molecule is O=c1[nH][nH]c(=O)n1-c1cccc2cc(Br)cnc12. The highest BCUT2D eigenvalue weighted by Crippen LogP contribution is 2.21. The highest BCUT2D eigenvalue weighted by atomic mass is 79.9. The number of para-hydroxylation sites is 1. The summed E-state index contributed by atoms with van der Waals surface area (Å²) in [4.78, 5) is 27.4. The molecule has 0 aliphatic rings. The lowest BCUT2D eigenvalue weighted by Gasteiger charge is -2.04. The van der Waals surface area contributed by atoms with Gasteiger partial charge in [-0.3, -0.25) is 4.98 Å². The first kappa shape index (κ1) is 11.0. The Hall–Kier alpha value is -2.15. The van der Waals surface area contributed by atoms with Crippen LogP contribution < -0.4 is 11.4 Å². The zero-order valence-corrected chi connectivity index (χ0v) is 10.6. The summed E-state index contributed by atoms with van der Waals surface area (Å²) in [5.74, 6) is 0. The van der Waals surface area contributed by atoms with Crippen LogP contribution in [0.25, 0.3) is 16.6 Å². The van der Waals surface area contributed by atoms with Crippen molar-refractivity contribution in [3.63, 3.8) is 0 Å². The molecule has 3 rings (SSSR count). The van der Waals surface area contributed by atoms with Gasteiger partial charge in [0.05, 0.1) is 11.2 Å². The van der Waals surface area contributed by atoms with Gasteiger partial charge in [0.25, 0.3) is 0 Å². The average Bonchev–Trinajstić information content (AvgIpc) is 2.68. The second-order valence-corrected chi connectivity index (χ2v) is 4.61. The van der Waals surface area contributed by atoms with Gasteiger partial charge < -0.3 is 0 Å². The molecule has 3 aromatic rings. The van der Waals surface area contributed by atoms with Crippen LogP contribution in [0.3, 0.4) is 0 Å². The van der Waals surface area contributed by atoms with Crippen molar-refractivity contribution in [2.75, 3.05) is 0 Å². The number of halogens is 1. The summed E-state index contributed by atoms with van der Waals surface area (Å²) >= 11 is 3.33. The molecule has 6 nitrogen and oxygen atoms in total. The van der Waals surface area contributed by atoms with Gasteiger partial charge in [0.1, 0.15) is 0 Å². The summed E-state index contributed by atoms with van der Waals surface area (Å²) in [6.07, 6.45) is 1.62. The molecule has 7 heteroatoms. The summed E-state index contributed by atoms with van der Waals surface area (Å²) < 4.78 is 1.85. The van der Waals surface area contributed by atoms with Crippen LogP contribution in [-0.4, -0.2) is 19.7 Å². The van der Waals surface area contributed by atoms with Crippen LogP contribution in [0.1, 0.15) is 0 Å². The summed E-state index contributed by atoms with van der Waals surface area (Å²) in [7, 11) is 0. The first-order chi connectivity index (χ1) is 8.66. The number of hydrogen-bond donors (Lipinski definition) is 2. The molecule has 0 unspecified atom stereocenters. The van der Waals surface area contributed by atoms with Crippen molar-refractivity contribution < 1.29 is 0 Å². The molecule has 0 fully saturated rings. The summed E-state index contributed by atoms with van der Waals surface area (Å²) in [6.45, 7) is 0.